The monoisotopic (exact) mass is 465 g/mol. The van der Waals surface area contributed by atoms with Crippen molar-refractivity contribution in [2.45, 2.75) is 25.6 Å². The maximum atomic E-state index is 14.0. The number of nitrogens with zero attached hydrogens (tertiary/aromatic N) is 1. The van der Waals surface area contributed by atoms with Crippen LogP contribution in [-0.4, -0.2) is 48.7 Å². The van der Waals surface area contributed by atoms with Gasteiger partial charge in [-0.25, -0.2) is 4.79 Å². The Morgan fingerprint density at radius 1 is 1.06 bits per heavy atom. The van der Waals surface area contributed by atoms with Crippen LogP contribution in [0.25, 0.3) is 0 Å². The van der Waals surface area contributed by atoms with Crippen LogP contribution >= 0.6 is 0 Å². The number of halogens is 3. The second-order valence-corrected chi connectivity index (χ2v) is 7.01. The molecule has 1 fully saturated rings. The Balaban J connectivity index is 1.86. The predicted molar refractivity (Wildman–Crippen MR) is 112 cm³/mol. The van der Waals surface area contributed by atoms with Crippen LogP contribution in [0, 0.1) is 0 Å². The van der Waals surface area contributed by atoms with E-state index in [2.05, 4.69) is 5.32 Å². The normalized spacial score (nSPS) is 18.2. The van der Waals surface area contributed by atoms with E-state index in [9.17, 15) is 27.6 Å². The minimum absolute atomic E-state index is 0.185. The van der Waals surface area contributed by atoms with Gasteiger partial charge < -0.3 is 20.1 Å². The van der Waals surface area contributed by atoms with Gasteiger partial charge in [0.1, 0.15) is 18.0 Å². The molecular formula is C22H22F3N3O5. The molecular weight excluding hydrogens is 443 g/mol. The predicted octanol–water partition coefficient (Wildman–Crippen LogP) is 3.43. The molecule has 4 amide bonds. The molecule has 1 unspecified atom stereocenters. The van der Waals surface area contributed by atoms with E-state index < -0.39 is 41.7 Å². The van der Waals surface area contributed by atoms with Gasteiger partial charge in [-0.1, -0.05) is 30.3 Å². The number of hydrogen-bond acceptors (Lipinski definition) is 5. The second-order valence-electron chi connectivity index (χ2n) is 7.01. The van der Waals surface area contributed by atoms with Crippen LogP contribution < -0.4 is 20.1 Å². The highest BCUT2D eigenvalue weighted by atomic mass is 19.4. The number of hydrogen-bond donors (Lipinski definition) is 2. The van der Waals surface area contributed by atoms with Crippen molar-refractivity contribution in [2.75, 3.05) is 25.1 Å². The molecule has 33 heavy (non-hydrogen) atoms. The average Bonchev–Trinajstić information content (AvgIpc) is 3.02. The molecule has 1 aliphatic rings. The zero-order valence-corrected chi connectivity index (χ0v) is 17.9. The minimum atomic E-state index is -5.14. The van der Waals surface area contributed by atoms with Crippen LogP contribution in [0.4, 0.5) is 23.7 Å². The Hall–Kier alpha value is -3.76. The van der Waals surface area contributed by atoms with Crippen molar-refractivity contribution in [3.05, 3.63) is 54.1 Å². The van der Waals surface area contributed by atoms with E-state index in [1.165, 1.54) is 24.3 Å². The molecule has 0 aliphatic carbocycles. The smallest absolute Gasteiger partial charge is 0.425 e. The van der Waals surface area contributed by atoms with Crippen LogP contribution in [0.1, 0.15) is 19.4 Å². The summed E-state index contributed by atoms with van der Waals surface area (Å²) in [6.07, 6.45) is -5.14. The zero-order chi connectivity index (χ0) is 24.2. The highest BCUT2D eigenvalue weighted by Crippen LogP contribution is 2.43. The molecule has 1 aliphatic heterocycles. The number of carbonyl (C=O) groups is 3. The SMILES string of the molecule is CCOc1ccc(OCC)c(NC(=O)CN2C(=O)NC(c3ccccc3)(C(F)(F)F)C2=O)c1. The summed E-state index contributed by atoms with van der Waals surface area (Å²) in [7, 11) is 0. The van der Waals surface area contributed by atoms with E-state index >= 15 is 0 Å². The first-order valence-electron chi connectivity index (χ1n) is 10.1. The molecule has 1 saturated heterocycles. The van der Waals surface area contributed by atoms with E-state index in [1.807, 2.05) is 0 Å². The fourth-order valence-corrected chi connectivity index (χ4v) is 3.44. The van der Waals surface area contributed by atoms with Crippen LogP contribution in [0.5, 0.6) is 11.5 Å². The van der Waals surface area contributed by atoms with Gasteiger partial charge in [0, 0.05) is 6.07 Å². The molecule has 1 atom stereocenters. The van der Waals surface area contributed by atoms with Crippen molar-refractivity contribution in [1.29, 1.82) is 0 Å². The second kappa shape index (κ2) is 9.39. The summed E-state index contributed by atoms with van der Waals surface area (Å²) in [5.74, 6) is -1.76. The van der Waals surface area contributed by atoms with Crippen LogP contribution in [0.3, 0.4) is 0 Å². The summed E-state index contributed by atoms with van der Waals surface area (Å²) in [6, 6.07) is 9.61. The summed E-state index contributed by atoms with van der Waals surface area (Å²) in [4.78, 5) is 38.1. The first kappa shape index (κ1) is 23.9. The number of alkyl halides is 3. The molecule has 0 saturated carbocycles. The largest absolute Gasteiger partial charge is 0.494 e. The highest BCUT2D eigenvalue weighted by molar-refractivity contribution is 6.11. The molecule has 2 aromatic carbocycles. The lowest BCUT2D eigenvalue weighted by atomic mass is 9.89. The average molecular weight is 465 g/mol. The molecule has 0 radical (unpaired) electrons. The lowest BCUT2D eigenvalue weighted by Crippen LogP contribution is -2.55. The third kappa shape index (κ3) is 4.57. The number of urea groups is 1. The Kier molecular flexibility index (Phi) is 6.80. The number of carbonyl (C=O) groups excluding carboxylic acids is 3. The van der Waals surface area contributed by atoms with Gasteiger partial charge in [0.25, 0.3) is 5.91 Å². The summed E-state index contributed by atoms with van der Waals surface area (Å²) in [5.41, 5.74) is -3.55. The summed E-state index contributed by atoms with van der Waals surface area (Å²) >= 11 is 0. The summed E-state index contributed by atoms with van der Waals surface area (Å²) in [5, 5.41) is 4.21. The number of benzene rings is 2. The van der Waals surface area contributed by atoms with Gasteiger partial charge in [0.15, 0.2) is 0 Å². The molecule has 1 heterocycles. The van der Waals surface area contributed by atoms with Crippen molar-refractivity contribution in [1.82, 2.24) is 10.2 Å². The first-order chi connectivity index (χ1) is 15.6. The maximum Gasteiger partial charge on any atom is 0.425 e. The number of rotatable bonds is 8. The highest BCUT2D eigenvalue weighted by Gasteiger charge is 2.68. The van der Waals surface area contributed by atoms with Crippen molar-refractivity contribution in [2.24, 2.45) is 0 Å². The van der Waals surface area contributed by atoms with Gasteiger partial charge in [-0.15, -0.1) is 0 Å². The third-order valence-electron chi connectivity index (χ3n) is 4.88. The van der Waals surface area contributed by atoms with E-state index in [1.54, 1.807) is 31.3 Å². The summed E-state index contributed by atoms with van der Waals surface area (Å²) < 4.78 is 53.0. The van der Waals surface area contributed by atoms with E-state index in [-0.39, 0.29) is 17.2 Å². The molecule has 11 heteroatoms. The lowest BCUT2D eigenvalue weighted by molar-refractivity contribution is -0.198. The van der Waals surface area contributed by atoms with Crippen molar-refractivity contribution < 1.29 is 37.0 Å². The van der Waals surface area contributed by atoms with E-state index in [4.69, 9.17) is 9.47 Å². The maximum absolute atomic E-state index is 14.0. The Bertz CT molecular complexity index is 1050. The molecule has 2 aromatic rings. The molecule has 8 nitrogen and oxygen atoms in total. The minimum Gasteiger partial charge on any atom is -0.494 e. The number of imide groups is 1. The fraction of sp³-hybridized carbons (Fsp3) is 0.318. The standard InChI is InChI=1S/C22H22F3N3O5/c1-3-32-15-10-11-17(33-4-2)16(12-15)26-18(29)13-28-19(30)21(22(23,24)25,27-20(28)31)14-8-6-5-7-9-14/h5-12H,3-4,13H2,1-2H3,(H,26,29)(H,27,31). The van der Waals surface area contributed by atoms with Gasteiger partial charge in [0.05, 0.1) is 18.9 Å². The molecule has 176 valence electrons. The van der Waals surface area contributed by atoms with Gasteiger partial charge in [0.2, 0.25) is 11.4 Å². The summed E-state index contributed by atoms with van der Waals surface area (Å²) in [6.45, 7) is 3.22. The number of anilines is 1. The van der Waals surface area contributed by atoms with Gasteiger partial charge >= 0.3 is 12.2 Å². The third-order valence-corrected chi connectivity index (χ3v) is 4.88. The molecule has 2 N–H and O–H groups in total. The topological polar surface area (TPSA) is 97.0 Å². The number of nitrogens with one attached hydrogen (secondary N) is 2. The molecule has 0 aromatic heterocycles. The molecule has 0 bridgehead atoms. The molecule has 0 spiro atoms. The van der Waals surface area contributed by atoms with Gasteiger partial charge in [-0.3, -0.25) is 14.5 Å². The molecule has 3 rings (SSSR count). The van der Waals surface area contributed by atoms with Crippen LogP contribution in [-0.2, 0) is 15.1 Å². The van der Waals surface area contributed by atoms with Gasteiger partial charge in [-0.2, -0.15) is 13.2 Å². The quantitative estimate of drug-likeness (QED) is 0.583. The van der Waals surface area contributed by atoms with E-state index in [0.29, 0.717) is 18.1 Å². The van der Waals surface area contributed by atoms with Gasteiger partial charge in [-0.05, 0) is 31.5 Å². The number of ether oxygens (including phenoxy) is 2. The first-order valence-corrected chi connectivity index (χ1v) is 10.1. The van der Waals surface area contributed by atoms with Crippen molar-refractivity contribution in [3.63, 3.8) is 0 Å². The fourth-order valence-electron chi connectivity index (χ4n) is 3.44. The van der Waals surface area contributed by atoms with Crippen LogP contribution in [0.15, 0.2) is 48.5 Å². The number of amides is 4. The Morgan fingerprint density at radius 2 is 1.73 bits per heavy atom. The van der Waals surface area contributed by atoms with Crippen LogP contribution in [0.2, 0.25) is 0 Å². The van der Waals surface area contributed by atoms with E-state index in [0.717, 1.165) is 12.1 Å². The lowest BCUT2D eigenvalue weighted by Gasteiger charge is -2.29. The van der Waals surface area contributed by atoms with Crippen molar-refractivity contribution in [3.8, 4) is 11.5 Å². The Morgan fingerprint density at radius 3 is 2.33 bits per heavy atom. The van der Waals surface area contributed by atoms with Crippen molar-refractivity contribution >= 4 is 23.5 Å². The zero-order valence-electron chi connectivity index (χ0n) is 17.9. The Labute approximate surface area is 187 Å².